The molecule has 0 bridgehead atoms. The van der Waals surface area contributed by atoms with Crippen molar-refractivity contribution in [2.75, 3.05) is 11.9 Å². The number of halogens is 3. The molecule has 0 radical (unpaired) electrons. The number of nitrogens with one attached hydrogen (secondary N) is 1. The normalized spacial score (nSPS) is 11.8. The van der Waals surface area contributed by atoms with Gasteiger partial charge in [0, 0.05) is 15.6 Å². The molecule has 0 aliphatic rings. The van der Waals surface area contributed by atoms with Crippen molar-refractivity contribution in [3.8, 4) is 5.75 Å². The fraction of sp³-hybridized carbons (Fsp3) is 0.214. The minimum atomic E-state index is -0.438. The second-order valence-electron chi connectivity index (χ2n) is 9.67. The zero-order chi connectivity index (χ0) is 27.6. The van der Waals surface area contributed by atoms with E-state index in [0.29, 0.717) is 32.5 Å². The van der Waals surface area contributed by atoms with Crippen molar-refractivity contribution in [2.45, 2.75) is 33.1 Å². The zero-order valence-electron chi connectivity index (χ0n) is 21.2. The lowest BCUT2D eigenvalue weighted by atomic mass is 9.95. The first-order valence-corrected chi connectivity index (χ1v) is 13.6. The topological polar surface area (TPSA) is 85.6 Å². The van der Waals surface area contributed by atoms with E-state index in [4.69, 9.17) is 21.3 Å². The van der Waals surface area contributed by atoms with Gasteiger partial charge in [-0.3, -0.25) is 9.59 Å². The van der Waals surface area contributed by atoms with Gasteiger partial charge in [-0.05, 0) is 70.4 Å². The molecule has 7 nitrogen and oxygen atoms in total. The number of aryl methyl sites for hydroxylation is 1. The molecule has 1 amide bonds. The van der Waals surface area contributed by atoms with Crippen molar-refractivity contribution in [3.05, 3.63) is 95.9 Å². The fourth-order valence-corrected chi connectivity index (χ4v) is 5.04. The average Bonchev–Trinajstić information content (AvgIpc) is 2.84. The summed E-state index contributed by atoms with van der Waals surface area (Å²) in [6.07, 6.45) is 1.54. The predicted molar refractivity (Wildman–Crippen MR) is 160 cm³/mol. The third kappa shape index (κ3) is 6.34. The number of amides is 1. The van der Waals surface area contributed by atoms with Crippen LogP contribution in [0.5, 0.6) is 5.75 Å². The third-order valence-corrected chi connectivity index (χ3v) is 6.95. The van der Waals surface area contributed by atoms with E-state index in [1.807, 2.05) is 58.0 Å². The van der Waals surface area contributed by atoms with Crippen LogP contribution in [0.3, 0.4) is 0 Å². The molecule has 0 saturated carbocycles. The lowest BCUT2D eigenvalue weighted by Crippen LogP contribution is -2.29. The van der Waals surface area contributed by atoms with Gasteiger partial charge in [-0.15, -0.1) is 0 Å². The van der Waals surface area contributed by atoms with Crippen molar-refractivity contribution in [3.63, 3.8) is 0 Å². The minimum Gasteiger partial charge on any atom is -0.481 e. The number of hydrogen-bond acceptors (Lipinski definition) is 5. The summed E-state index contributed by atoms with van der Waals surface area (Å²) in [6, 6.07) is 16.3. The molecule has 196 valence electrons. The van der Waals surface area contributed by atoms with Gasteiger partial charge in [0.15, 0.2) is 12.4 Å². The van der Waals surface area contributed by atoms with Crippen LogP contribution in [0, 0.1) is 6.92 Å². The number of para-hydroxylation sites is 1. The van der Waals surface area contributed by atoms with Crippen molar-refractivity contribution in [1.29, 1.82) is 0 Å². The van der Waals surface area contributed by atoms with E-state index in [1.54, 1.807) is 24.3 Å². The van der Waals surface area contributed by atoms with Gasteiger partial charge in [0.05, 0.1) is 26.6 Å². The summed E-state index contributed by atoms with van der Waals surface area (Å²) >= 11 is 13.4. The van der Waals surface area contributed by atoms with Gasteiger partial charge in [-0.25, -0.2) is 4.98 Å². The number of ether oxygens (including phenoxy) is 1. The van der Waals surface area contributed by atoms with Gasteiger partial charge < -0.3 is 10.1 Å². The van der Waals surface area contributed by atoms with Crippen molar-refractivity contribution in [1.82, 2.24) is 9.66 Å². The molecule has 38 heavy (non-hydrogen) atoms. The van der Waals surface area contributed by atoms with Gasteiger partial charge in [-0.1, -0.05) is 66.5 Å². The highest BCUT2D eigenvalue weighted by molar-refractivity contribution is 9.10. The molecule has 1 N–H and O–H groups in total. The Bertz CT molecular complexity index is 1600. The number of hydrogen-bond donors (Lipinski definition) is 1. The van der Waals surface area contributed by atoms with E-state index < -0.39 is 5.41 Å². The Hall–Kier alpha value is -3.01. The molecule has 4 aromatic rings. The predicted octanol–water partition coefficient (Wildman–Crippen LogP) is 7.08. The Kier molecular flexibility index (Phi) is 8.40. The molecule has 10 heteroatoms. The Morgan fingerprint density at radius 2 is 1.89 bits per heavy atom. The number of anilines is 1. The average molecular weight is 661 g/mol. The van der Waals surface area contributed by atoms with E-state index in [1.165, 1.54) is 10.9 Å². The van der Waals surface area contributed by atoms with Crippen LogP contribution in [0.15, 0.2) is 73.4 Å². The summed E-state index contributed by atoms with van der Waals surface area (Å²) in [5.74, 6) is 0.546. The van der Waals surface area contributed by atoms with E-state index in [-0.39, 0.29) is 23.1 Å². The van der Waals surface area contributed by atoms with Crippen molar-refractivity contribution >= 4 is 72.2 Å². The van der Waals surface area contributed by atoms with Crippen LogP contribution < -0.4 is 15.6 Å². The summed E-state index contributed by atoms with van der Waals surface area (Å²) in [4.78, 5) is 30.5. The van der Waals surface area contributed by atoms with Gasteiger partial charge in [-0.2, -0.15) is 9.78 Å². The largest absolute Gasteiger partial charge is 0.481 e. The number of nitrogens with zero attached hydrogens (tertiary/aromatic N) is 3. The monoisotopic (exact) mass is 658 g/mol. The highest BCUT2D eigenvalue weighted by Gasteiger charge is 2.23. The Morgan fingerprint density at radius 1 is 1.16 bits per heavy atom. The van der Waals surface area contributed by atoms with E-state index in [2.05, 4.69) is 42.3 Å². The van der Waals surface area contributed by atoms with Gasteiger partial charge in [0.2, 0.25) is 0 Å². The molecule has 1 heterocycles. The van der Waals surface area contributed by atoms with Crippen LogP contribution in [-0.4, -0.2) is 28.4 Å². The van der Waals surface area contributed by atoms with Crippen LogP contribution in [0.25, 0.3) is 10.9 Å². The summed E-state index contributed by atoms with van der Waals surface area (Å²) < 4.78 is 8.33. The lowest BCUT2D eigenvalue weighted by molar-refractivity contribution is -0.118. The molecule has 0 spiro atoms. The standard InChI is InChI=1S/C28H25Br2ClN4O3/c1-16-7-5-6-8-22(16)33-24(36)15-38-25-20(30)11-17(12-21(25)31)14-32-35-26(37)19-13-18(29)9-10-23(19)34-27(35)28(2,3)4/h5-14H,15H2,1-4H3,(H,33,36). The molecule has 3 aromatic carbocycles. The van der Waals surface area contributed by atoms with Crippen LogP contribution in [-0.2, 0) is 10.2 Å². The maximum Gasteiger partial charge on any atom is 0.282 e. The quantitative estimate of drug-likeness (QED) is 0.224. The lowest BCUT2D eigenvalue weighted by Gasteiger charge is -2.20. The van der Waals surface area contributed by atoms with E-state index in [0.717, 1.165) is 15.7 Å². The van der Waals surface area contributed by atoms with Gasteiger partial charge in [0.25, 0.3) is 11.5 Å². The second-order valence-corrected chi connectivity index (χ2v) is 11.9. The number of fused-ring (bicyclic) bond motifs is 1. The van der Waals surface area contributed by atoms with Crippen LogP contribution >= 0.6 is 43.5 Å². The molecule has 0 saturated heterocycles. The SMILES string of the molecule is Cc1ccccc1NC(=O)COc1c(Cl)cc(C=Nn2c(C(C)(C)C)nc3ccc(Br)cc3c2=O)cc1Br. The number of carbonyl (C=O) groups is 1. The smallest absolute Gasteiger partial charge is 0.282 e. The number of rotatable bonds is 6. The molecule has 0 unspecified atom stereocenters. The molecule has 0 fully saturated rings. The Balaban J connectivity index is 1.59. The minimum absolute atomic E-state index is 0.219. The third-order valence-electron chi connectivity index (χ3n) is 5.59. The second kappa shape index (κ2) is 11.4. The zero-order valence-corrected chi connectivity index (χ0v) is 25.1. The summed E-state index contributed by atoms with van der Waals surface area (Å²) in [7, 11) is 0. The summed E-state index contributed by atoms with van der Waals surface area (Å²) in [5, 5.41) is 8.04. The van der Waals surface area contributed by atoms with Crippen LogP contribution in [0.1, 0.15) is 37.7 Å². The van der Waals surface area contributed by atoms with E-state index >= 15 is 0 Å². The summed E-state index contributed by atoms with van der Waals surface area (Å²) in [5.41, 5.74) is 2.19. The molecule has 1 aromatic heterocycles. The van der Waals surface area contributed by atoms with E-state index in [9.17, 15) is 9.59 Å². The molecule has 4 rings (SSSR count). The Morgan fingerprint density at radius 3 is 2.58 bits per heavy atom. The van der Waals surface area contributed by atoms with Crippen molar-refractivity contribution < 1.29 is 9.53 Å². The van der Waals surface area contributed by atoms with Gasteiger partial charge in [0.1, 0.15) is 5.82 Å². The number of carbonyl (C=O) groups excluding carboxylic acids is 1. The summed E-state index contributed by atoms with van der Waals surface area (Å²) in [6.45, 7) is 7.61. The first-order chi connectivity index (χ1) is 17.9. The highest BCUT2D eigenvalue weighted by Crippen LogP contribution is 2.34. The van der Waals surface area contributed by atoms with Gasteiger partial charge >= 0.3 is 0 Å². The molecule has 0 atom stereocenters. The molecular formula is C28H25Br2ClN4O3. The maximum atomic E-state index is 13.4. The highest BCUT2D eigenvalue weighted by atomic mass is 79.9. The molecular weight excluding hydrogens is 636 g/mol. The first kappa shape index (κ1) is 28.0. The van der Waals surface area contributed by atoms with Crippen LogP contribution in [0.2, 0.25) is 5.02 Å². The fourth-order valence-electron chi connectivity index (χ4n) is 3.69. The van der Waals surface area contributed by atoms with Crippen LogP contribution in [0.4, 0.5) is 5.69 Å². The maximum absolute atomic E-state index is 13.4. The number of benzene rings is 3. The molecule has 0 aliphatic carbocycles. The van der Waals surface area contributed by atoms with Crippen molar-refractivity contribution in [2.24, 2.45) is 5.10 Å². The number of aromatic nitrogens is 2. The molecule has 0 aliphatic heterocycles. The Labute approximate surface area is 242 Å². The first-order valence-electron chi connectivity index (χ1n) is 11.7.